The minimum absolute atomic E-state index is 0.668. The third-order valence-corrected chi connectivity index (χ3v) is 4.89. The van der Waals surface area contributed by atoms with Gasteiger partial charge in [-0.3, -0.25) is 0 Å². The molecule has 22 heavy (non-hydrogen) atoms. The molecule has 0 spiro atoms. The molecule has 2 N–H and O–H groups in total. The van der Waals surface area contributed by atoms with E-state index in [1.165, 1.54) is 24.9 Å². The Labute approximate surface area is 148 Å². The van der Waals surface area contributed by atoms with E-state index in [0.717, 1.165) is 42.5 Å². The van der Waals surface area contributed by atoms with Crippen LogP contribution < -0.4 is 15.5 Å². The summed E-state index contributed by atoms with van der Waals surface area (Å²) in [4.78, 5) is 2.42. The van der Waals surface area contributed by atoms with E-state index in [9.17, 15) is 0 Å². The number of halogens is 1. The second-order valence-electron chi connectivity index (χ2n) is 5.44. The lowest BCUT2D eigenvalue weighted by Crippen LogP contribution is -2.33. The molecule has 0 aliphatic carbocycles. The zero-order chi connectivity index (χ0) is 15.8. The Morgan fingerprint density at radius 2 is 2.09 bits per heavy atom. The number of rotatable bonds is 6. The van der Waals surface area contributed by atoms with E-state index in [4.69, 9.17) is 23.8 Å². The van der Waals surface area contributed by atoms with E-state index < -0.39 is 0 Å². The SMILES string of the molecule is CSCCCNC(=S)Nc1cc(Cl)ccc1N1CCCCC1. The number of piperidine rings is 1. The molecule has 1 fully saturated rings. The fourth-order valence-electron chi connectivity index (χ4n) is 2.60. The summed E-state index contributed by atoms with van der Waals surface area (Å²) in [6.07, 6.45) is 7.05. The zero-order valence-electron chi connectivity index (χ0n) is 13.0. The number of hydrogen-bond acceptors (Lipinski definition) is 3. The first-order valence-electron chi connectivity index (χ1n) is 7.79. The molecule has 1 aromatic carbocycles. The lowest BCUT2D eigenvalue weighted by molar-refractivity contribution is 0.578. The molecule has 0 radical (unpaired) electrons. The number of benzene rings is 1. The monoisotopic (exact) mass is 357 g/mol. The van der Waals surface area contributed by atoms with Crippen LogP contribution in [0.25, 0.3) is 0 Å². The predicted molar refractivity (Wildman–Crippen MR) is 105 cm³/mol. The Morgan fingerprint density at radius 3 is 2.82 bits per heavy atom. The van der Waals surface area contributed by atoms with Crippen molar-refractivity contribution in [3.63, 3.8) is 0 Å². The van der Waals surface area contributed by atoms with Crippen molar-refractivity contribution in [2.75, 3.05) is 41.9 Å². The topological polar surface area (TPSA) is 27.3 Å². The van der Waals surface area contributed by atoms with Gasteiger partial charge in [0.15, 0.2) is 5.11 Å². The van der Waals surface area contributed by atoms with Crippen LogP contribution in [0.1, 0.15) is 25.7 Å². The van der Waals surface area contributed by atoms with E-state index in [2.05, 4.69) is 27.9 Å². The Kier molecular flexibility index (Phi) is 7.63. The van der Waals surface area contributed by atoms with Gasteiger partial charge in [-0.05, 0) is 68.1 Å². The quantitative estimate of drug-likeness (QED) is 0.582. The van der Waals surface area contributed by atoms with Gasteiger partial charge in [0.2, 0.25) is 0 Å². The van der Waals surface area contributed by atoms with Crippen LogP contribution in [0.2, 0.25) is 5.02 Å². The molecule has 1 heterocycles. The summed E-state index contributed by atoms with van der Waals surface area (Å²) in [5.41, 5.74) is 2.19. The fourth-order valence-corrected chi connectivity index (χ4v) is 3.42. The minimum atomic E-state index is 0.668. The first-order chi connectivity index (χ1) is 10.7. The van der Waals surface area contributed by atoms with Crippen molar-refractivity contribution < 1.29 is 0 Å². The first kappa shape index (κ1) is 17.7. The average Bonchev–Trinajstić information content (AvgIpc) is 2.53. The highest BCUT2D eigenvalue weighted by Gasteiger charge is 2.15. The molecule has 6 heteroatoms. The number of thiocarbonyl (C=S) groups is 1. The van der Waals surface area contributed by atoms with Gasteiger partial charge in [-0.25, -0.2) is 0 Å². The third-order valence-electron chi connectivity index (χ3n) is 3.71. The molecule has 1 aliphatic heterocycles. The molecule has 1 aliphatic rings. The summed E-state index contributed by atoms with van der Waals surface area (Å²) < 4.78 is 0. The number of nitrogens with zero attached hydrogens (tertiary/aromatic N) is 1. The highest BCUT2D eigenvalue weighted by molar-refractivity contribution is 7.98. The van der Waals surface area contributed by atoms with Gasteiger partial charge >= 0.3 is 0 Å². The van der Waals surface area contributed by atoms with Crippen LogP contribution in [-0.2, 0) is 0 Å². The molecule has 0 unspecified atom stereocenters. The maximum Gasteiger partial charge on any atom is 0.170 e. The van der Waals surface area contributed by atoms with Crippen molar-refractivity contribution in [3.8, 4) is 0 Å². The molecule has 0 aromatic heterocycles. The number of hydrogen-bond donors (Lipinski definition) is 2. The van der Waals surface area contributed by atoms with Gasteiger partial charge < -0.3 is 15.5 Å². The Morgan fingerprint density at radius 1 is 1.32 bits per heavy atom. The van der Waals surface area contributed by atoms with Crippen molar-refractivity contribution in [3.05, 3.63) is 23.2 Å². The second kappa shape index (κ2) is 9.48. The van der Waals surface area contributed by atoms with Crippen LogP contribution in [0.15, 0.2) is 18.2 Å². The maximum absolute atomic E-state index is 6.16. The number of nitrogens with one attached hydrogen (secondary N) is 2. The Balaban J connectivity index is 1.99. The van der Waals surface area contributed by atoms with Crippen molar-refractivity contribution in [1.29, 1.82) is 0 Å². The van der Waals surface area contributed by atoms with Gasteiger partial charge in [0, 0.05) is 24.7 Å². The lowest BCUT2D eigenvalue weighted by Gasteiger charge is -2.31. The van der Waals surface area contributed by atoms with E-state index in [0.29, 0.717) is 5.11 Å². The van der Waals surface area contributed by atoms with Gasteiger partial charge in [0.1, 0.15) is 0 Å². The molecule has 122 valence electrons. The van der Waals surface area contributed by atoms with Crippen LogP contribution in [-0.4, -0.2) is 36.8 Å². The maximum atomic E-state index is 6.16. The first-order valence-corrected chi connectivity index (χ1v) is 9.97. The van der Waals surface area contributed by atoms with Crippen LogP contribution >= 0.6 is 35.6 Å². The van der Waals surface area contributed by atoms with E-state index in [1.54, 1.807) is 0 Å². The van der Waals surface area contributed by atoms with Gasteiger partial charge in [-0.1, -0.05) is 11.6 Å². The molecular weight excluding hydrogens is 334 g/mol. The van der Waals surface area contributed by atoms with E-state index in [-0.39, 0.29) is 0 Å². The summed E-state index contributed by atoms with van der Waals surface area (Å²) in [6.45, 7) is 3.10. The molecule has 0 amide bonds. The van der Waals surface area contributed by atoms with Crippen molar-refractivity contribution >= 4 is 52.1 Å². The molecule has 2 rings (SSSR count). The van der Waals surface area contributed by atoms with Crippen molar-refractivity contribution in [1.82, 2.24) is 5.32 Å². The molecule has 1 aromatic rings. The fraction of sp³-hybridized carbons (Fsp3) is 0.562. The van der Waals surface area contributed by atoms with Crippen molar-refractivity contribution in [2.45, 2.75) is 25.7 Å². The largest absolute Gasteiger partial charge is 0.370 e. The number of anilines is 2. The summed E-state index contributed by atoms with van der Waals surface area (Å²) in [7, 11) is 0. The molecule has 0 bridgehead atoms. The van der Waals surface area contributed by atoms with Gasteiger partial charge in [0.05, 0.1) is 11.4 Å². The summed E-state index contributed by atoms with van der Waals surface area (Å²) in [5, 5.41) is 7.97. The molecule has 0 atom stereocenters. The van der Waals surface area contributed by atoms with Crippen LogP contribution in [0.3, 0.4) is 0 Å². The second-order valence-corrected chi connectivity index (χ2v) is 7.27. The number of thioether (sulfide) groups is 1. The highest BCUT2D eigenvalue weighted by atomic mass is 35.5. The lowest BCUT2D eigenvalue weighted by atomic mass is 10.1. The minimum Gasteiger partial charge on any atom is -0.370 e. The molecule has 0 saturated carbocycles. The van der Waals surface area contributed by atoms with Gasteiger partial charge in [-0.2, -0.15) is 11.8 Å². The van der Waals surface area contributed by atoms with Crippen molar-refractivity contribution in [2.24, 2.45) is 0 Å². The van der Waals surface area contributed by atoms with Crippen LogP contribution in [0, 0.1) is 0 Å². The summed E-state index contributed by atoms with van der Waals surface area (Å²) in [6, 6.07) is 6.00. The smallest absolute Gasteiger partial charge is 0.170 e. The molecule has 1 saturated heterocycles. The van der Waals surface area contributed by atoms with Crippen LogP contribution in [0.5, 0.6) is 0 Å². The average molecular weight is 358 g/mol. The predicted octanol–water partition coefficient (Wildman–Crippen LogP) is 4.37. The van der Waals surface area contributed by atoms with Gasteiger partial charge in [0.25, 0.3) is 0 Å². The summed E-state index contributed by atoms with van der Waals surface area (Å²) in [5.74, 6) is 1.14. The molecular formula is C16H24ClN3S2. The summed E-state index contributed by atoms with van der Waals surface area (Å²) >= 11 is 13.4. The third kappa shape index (κ3) is 5.52. The van der Waals surface area contributed by atoms with Gasteiger partial charge in [-0.15, -0.1) is 0 Å². The highest BCUT2D eigenvalue weighted by Crippen LogP contribution is 2.31. The Hall–Kier alpha value is -0.650. The molecule has 3 nitrogen and oxygen atoms in total. The normalized spacial score (nSPS) is 14.7. The van der Waals surface area contributed by atoms with E-state index >= 15 is 0 Å². The Bertz CT molecular complexity index is 490. The van der Waals surface area contributed by atoms with Crippen LogP contribution in [0.4, 0.5) is 11.4 Å². The van der Waals surface area contributed by atoms with E-state index in [1.807, 2.05) is 23.9 Å². The zero-order valence-corrected chi connectivity index (χ0v) is 15.4. The standard InChI is InChI=1S/C16H24ClN3S2/c1-22-11-5-8-18-16(21)19-14-12-13(17)6-7-15(14)20-9-3-2-4-10-20/h6-7,12H,2-5,8-11H2,1H3,(H2,18,19,21).